The van der Waals surface area contributed by atoms with E-state index < -0.39 is 5.60 Å². The Morgan fingerprint density at radius 3 is 2.26 bits per heavy atom. The molecule has 1 aliphatic heterocycles. The Balaban J connectivity index is 0. The number of methoxy groups -OCH3 is 1. The van der Waals surface area contributed by atoms with Crippen molar-refractivity contribution in [3.63, 3.8) is 0 Å². The first kappa shape index (κ1) is 20.3. The Kier molecular flexibility index (Phi) is 11.6. The van der Waals surface area contributed by atoms with Gasteiger partial charge in [-0.15, -0.1) is 13.2 Å². The molecule has 1 rings (SSSR count). The van der Waals surface area contributed by atoms with Crippen LogP contribution in [0.1, 0.15) is 47.5 Å². The van der Waals surface area contributed by atoms with Crippen LogP contribution in [0.3, 0.4) is 0 Å². The molecule has 0 bridgehead atoms. The zero-order valence-corrected chi connectivity index (χ0v) is 13.5. The highest BCUT2D eigenvalue weighted by Gasteiger charge is 2.31. The molecule has 1 amide bonds. The maximum absolute atomic E-state index is 11.8. The van der Waals surface area contributed by atoms with Crippen molar-refractivity contribution in [1.29, 1.82) is 0 Å². The zero-order chi connectivity index (χ0) is 15.5. The van der Waals surface area contributed by atoms with Crippen LogP contribution in [0.25, 0.3) is 0 Å². The first-order valence-corrected chi connectivity index (χ1v) is 6.92. The molecule has 0 saturated carbocycles. The molecule has 0 aliphatic carbocycles. The minimum absolute atomic E-state index is 0.185. The molecule has 0 spiro atoms. The summed E-state index contributed by atoms with van der Waals surface area (Å²) in [5.74, 6) is 0. The Morgan fingerprint density at radius 1 is 1.32 bits per heavy atom. The predicted molar refractivity (Wildman–Crippen MR) is 80.4 cm³/mol. The predicted octanol–water partition coefficient (Wildman–Crippen LogP) is 3.86. The van der Waals surface area contributed by atoms with Gasteiger partial charge in [0, 0.05) is 13.7 Å². The van der Waals surface area contributed by atoms with Crippen molar-refractivity contribution in [3.8, 4) is 0 Å². The maximum Gasteiger partial charge on any atom is 0.410 e. The summed E-state index contributed by atoms with van der Waals surface area (Å²) >= 11 is 0. The lowest BCUT2D eigenvalue weighted by Crippen LogP contribution is -2.41. The normalized spacial score (nSPS) is 17.8. The van der Waals surface area contributed by atoms with E-state index in [-0.39, 0.29) is 12.1 Å². The molecule has 0 radical (unpaired) electrons. The lowest BCUT2D eigenvalue weighted by molar-refractivity contribution is 0.0148. The van der Waals surface area contributed by atoms with Gasteiger partial charge in [-0.1, -0.05) is 13.8 Å². The number of carbonyl (C=O) groups is 1. The summed E-state index contributed by atoms with van der Waals surface area (Å²) in [4.78, 5) is 13.6. The topological polar surface area (TPSA) is 38.8 Å². The van der Waals surface area contributed by atoms with E-state index in [0.717, 1.165) is 19.4 Å². The molecule has 1 heterocycles. The van der Waals surface area contributed by atoms with Gasteiger partial charge in [-0.3, -0.25) is 0 Å². The van der Waals surface area contributed by atoms with Crippen molar-refractivity contribution in [2.45, 2.75) is 59.1 Å². The summed E-state index contributed by atoms with van der Waals surface area (Å²) in [6, 6.07) is 0.185. The molecule has 0 aromatic carbocycles. The van der Waals surface area contributed by atoms with Crippen molar-refractivity contribution >= 4 is 6.09 Å². The molecule has 1 aliphatic rings. The molecule has 19 heavy (non-hydrogen) atoms. The van der Waals surface area contributed by atoms with Gasteiger partial charge in [0.2, 0.25) is 0 Å². The Morgan fingerprint density at radius 2 is 1.84 bits per heavy atom. The summed E-state index contributed by atoms with van der Waals surface area (Å²) < 4.78 is 10.4. The van der Waals surface area contributed by atoms with Gasteiger partial charge >= 0.3 is 6.09 Å². The number of hydrogen-bond acceptors (Lipinski definition) is 3. The van der Waals surface area contributed by atoms with E-state index in [2.05, 4.69) is 13.2 Å². The number of nitrogens with zero attached hydrogens (tertiary/aromatic N) is 1. The summed E-state index contributed by atoms with van der Waals surface area (Å²) in [6.07, 6.45) is 1.82. The van der Waals surface area contributed by atoms with Crippen LogP contribution < -0.4 is 0 Å². The minimum Gasteiger partial charge on any atom is -0.444 e. The van der Waals surface area contributed by atoms with Crippen LogP contribution in [0.15, 0.2) is 13.2 Å². The van der Waals surface area contributed by atoms with E-state index in [4.69, 9.17) is 9.47 Å². The largest absolute Gasteiger partial charge is 0.444 e. The molecular weight excluding hydrogens is 242 g/mol. The van der Waals surface area contributed by atoms with Gasteiger partial charge in [0.1, 0.15) is 5.60 Å². The van der Waals surface area contributed by atoms with E-state index in [9.17, 15) is 4.79 Å². The van der Waals surface area contributed by atoms with Crippen LogP contribution in [0.4, 0.5) is 4.79 Å². The number of hydrogen-bond donors (Lipinski definition) is 0. The molecule has 0 N–H and O–H groups in total. The highest BCUT2D eigenvalue weighted by Crippen LogP contribution is 2.20. The van der Waals surface area contributed by atoms with Crippen LogP contribution >= 0.6 is 0 Å². The Labute approximate surface area is 118 Å². The second-order valence-corrected chi connectivity index (χ2v) is 4.93. The van der Waals surface area contributed by atoms with Crippen LogP contribution in [0.5, 0.6) is 0 Å². The van der Waals surface area contributed by atoms with Crippen molar-refractivity contribution in [3.05, 3.63) is 13.2 Å². The maximum atomic E-state index is 11.8. The third-order valence-electron chi connectivity index (χ3n) is 2.36. The van der Waals surface area contributed by atoms with E-state index in [1.54, 1.807) is 12.0 Å². The zero-order valence-electron chi connectivity index (χ0n) is 13.5. The molecular formula is C15H31NO3. The number of rotatable bonds is 2. The number of ether oxygens (including phenoxy) is 2. The summed E-state index contributed by atoms with van der Waals surface area (Å²) in [5.41, 5.74) is -0.419. The fraction of sp³-hybridized carbons (Fsp3) is 0.800. The quantitative estimate of drug-likeness (QED) is 0.717. The standard InChI is InChI=1S/C11H21NO3.C2H6.C2H4/c1-11(2,3)15-10(13)12-7-5-6-9(12)8-14-4;2*1-2/h9H,5-8H2,1-4H3;1-2H3;1-2H2/t9-;;/m0../s1. The minimum atomic E-state index is -0.419. The molecule has 0 unspecified atom stereocenters. The highest BCUT2D eigenvalue weighted by molar-refractivity contribution is 5.68. The second-order valence-electron chi connectivity index (χ2n) is 4.93. The fourth-order valence-corrected chi connectivity index (χ4v) is 1.76. The van der Waals surface area contributed by atoms with Crippen molar-refractivity contribution in [1.82, 2.24) is 4.90 Å². The SMILES string of the molecule is C=C.CC.COC[C@@H]1CCCN1C(=O)OC(C)(C)C. The fourth-order valence-electron chi connectivity index (χ4n) is 1.76. The van der Waals surface area contributed by atoms with Crippen LogP contribution in [-0.2, 0) is 9.47 Å². The van der Waals surface area contributed by atoms with Crippen molar-refractivity contribution in [2.75, 3.05) is 20.3 Å². The lowest BCUT2D eigenvalue weighted by Gasteiger charge is -2.28. The van der Waals surface area contributed by atoms with Crippen LogP contribution in [0, 0.1) is 0 Å². The third-order valence-corrected chi connectivity index (χ3v) is 2.36. The summed E-state index contributed by atoms with van der Waals surface area (Å²) in [6.45, 7) is 17.0. The molecule has 0 aromatic rings. The molecule has 4 nitrogen and oxygen atoms in total. The van der Waals surface area contributed by atoms with Gasteiger partial charge in [0.05, 0.1) is 12.6 Å². The third kappa shape index (κ3) is 8.65. The number of likely N-dealkylation sites (tertiary alicyclic amines) is 1. The van der Waals surface area contributed by atoms with Gasteiger partial charge in [-0.2, -0.15) is 0 Å². The average molecular weight is 273 g/mol. The monoisotopic (exact) mass is 273 g/mol. The van der Waals surface area contributed by atoms with Crippen molar-refractivity contribution in [2.24, 2.45) is 0 Å². The van der Waals surface area contributed by atoms with Crippen LogP contribution in [-0.4, -0.2) is 42.9 Å². The van der Waals surface area contributed by atoms with Crippen LogP contribution in [0.2, 0.25) is 0 Å². The Bertz CT molecular complexity index is 236. The second kappa shape index (κ2) is 10.9. The first-order chi connectivity index (χ1) is 8.94. The molecule has 4 heteroatoms. The van der Waals surface area contributed by atoms with E-state index >= 15 is 0 Å². The summed E-state index contributed by atoms with van der Waals surface area (Å²) in [7, 11) is 1.66. The van der Waals surface area contributed by atoms with E-state index in [1.165, 1.54) is 0 Å². The van der Waals surface area contributed by atoms with Gasteiger partial charge in [-0.25, -0.2) is 4.79 Å². The smallest absolute Gasteiger partial charge is 0.410 e. The highest BCUT2D eigenvalue weighted by atomic mass is 16.6. The first-order valence-electron chi connectivity index (χ1n) is 6.92. The van der Waals surface area contributed by atoms with Gasteiger partial charge < -0.3 is 14.4 Å². The molecule has 1 atom stereocenters. The molecule has 1 fully saturated rings. The van der Waals surface area contributed by atoms with Gasteiger partial charge in [0.15, 0.2) is 0 Å². The molecule has 114 valence electrons. The van der Waals surface area contributed by atoms with E-state index in [1.807, 2.05) is 34.6 Å². The van der Waals surface area contributed by atoms with Crippen molar-refractivity contribution < 1.29 is 14.3 Å². The number of carbonyl (C=O) groups excluding carboxylic acids is 1. The van der Waals surface area contributed by atoms with Gasteiger partial charge in [0.25, 0.3) is 0 Å². The van der Waals surface area contributed by atoms with Gasteiger partial charge in [-0.05, 0) is 33.6 Å². The summed E-state index contributed by atoms with van der Waals surface area (Å²) in [5, 5.41) is 0. The number of amides is 1. The van der Waals surface area contributed by atoms with E-state index in [0.29, 0.717) is 6.61 Å². The molecule has 0 aromatic heterocycles. The lowest BCUT2D eigenvalue weighted by atomic mass is 10.2. The Hall–Kier alpha value is -1.03. The average Bonchev–Trinajstić information content (AvgIpc) is 2.81. The molecule has 1 saturated heterocycles.